The van der Waals surface area contributed by atoms with E-state index in [4.69, 9.17) is 9.63 Å². The van der Waals surface area contributed by atoms with Crippen molar-refractivity contribution in [2.24, 2.45) is 0 Å². The molecule has 0 aliphatic rings. The topological polar surface area (TPSA) is 46.3 Å². The Morgan fingerprint density at radius 2 is 2.07 bits per heavy atom. The third-order valence-corrected chi connectivity index (χ3v) is 2.94. The molecule has 0 saturated carbocycles. The molecule has 0 atom stereocenters. The zero-order valence-electron chi connectivity index (χ0n) is 8.09. The molecule has 0 bridgehead atoms. The van der Waals surface area contributed by atoms with Crippen LogP contribution in [0.15, 0.2) is 45.8 Å². The summed E-state index contributed by atoms with van der Waals surface area (Å²) >= 11 is 1.69. The van der Waals surface area contributed by atoms with E-state index in [1.54, 1.807) is 17.8 Å². The summed E-state index contributed by atoms with van der Waals surface area (Å²) in [4.78, 5) is 1.20. The van der Waals surface area contributed by atoms with E-state index in [0.717, 1.165) is 11.4 Å². The van der Waals surface area contributed by atoms with Crippen molar-refractivity contribution in [1.82, 2.24) is 5.16 Å². The van der Waals surface area contributed by atoms with Crippen LogP contribution in [0.1, 0.15) is 11.5 Å². The van der Waals surface area contributed by atoms with E-state index in [1.165, 1.54) is 4.90 Å². The van der Waals surface area contributed by atoms with E-state index in [9.17, 15) is 0 Å². The molecular formula is C11H11NO2S. The van der Waals surface area contributed by atoms with Crippen molar-refractivity contribution in [1.29, 1.82) is 0 Å². The van der Waals surface area contributed by atoms with Crippen LogP contribution in [0.2, 0.25) is 0 Å². The van der Waals surface area contributed by atoms with Gasteiger partial charge in [-0.25, -0.2) is 0 Å². The van der Waals surface area contributed by atoms with Gasteiger partial charge in [0, 0.05) is 16.7 Å². The number of thioether (sulfide) groups is 1. The highest BCUT2D eigenvalue weighted by Gasteiger charge is 2.03. The Labute approximate surface area is 92.1 Å². The van der Waals surface area contributed by atoms with Gasteiger partial charge in [0.25, 0.3) is 0 Å². The molecule has 0 unspecified atom stereocenters. The van der Waals surface area contributed by atoms with E-state index in [0.29, 0.717) is 5.76 Å². The zero-order valence-corrected chi connectivity index (χ0v) is 8.91. The second kappa shape index (κ2) is 5.00. The average Bonchev–Trinajstić information content (AvgIpc) is 2.76. The van der Waals surface area contributed by atoms with Crippen LogP contribution in [0.4, 0.5) is 0 Å². The van der Waals surface area contributed by atoms with E-state index >= 15 is 0 Å². The Kier molecular flexibility index (Phi) is 3.42. The number of nitrogens with zero attached hydrogens (tertiary/aromatic N) is 1. The van der Waals surface area contributed by atoms with Crippen molar-refractivity contribution in [3.05, 3.63) is 47.9 Å². The predicted octanol–water partition coefficient (Wildman–Crippen LogP) is 2.46. The molecule has 0 fully saturated rings. The molecule has 1 heterocycles. The lowest BCUT2D eigenvalue weighted by molar-refractivity contribution is 0.228. The largest absolute Gasteiger partial charge is 0.388 e. The maximum Gasteiger partial charge on any atom is 0.162 e. The first-order valence-electron chi connectivity index (χ1n) is 4.61. The van der Waals surface area contributed by atoms with Gasteiger partial charge in [-0.2, -0.15) is 0 Å². The molecule has 0 aliphatic carbocycles. The Balaban J connectivity index is 1.93. The minimum atomic E-state index is -0.0942. The highest BCUT2D eigenvalue weighted by molar-refractivity contribution is 7.98. The Morgan fingerprint density at radius 1 is 1.27 bits per heavy atom. The average molecular weight is 221 g/mol. The maximum absolute atomic E-state index is 8.80. The third kappa shape index (κ3) is 2.84. The van der Waals surface area contributed by atoms with Gasteiger partial charge in [0.2, 0.25) is 0 Å². The van der Waals surface area contributed by atoms with Crippen LogP contribution in [0.25, 0.3) is 0 Å². The van der Waals surface area contributed by atoms with Gasteiger partial charge in [-0.1, -0.05) is 23.4 Å². The fourth-order valence-corrected chi connectivity index (χ4v) is 1.97. The zero-order chi connectivity index (χ0) is 10.5. The number of hydrogen-bond donors (Lipinski definition) is 1. The van der Waals surface area contributed by atoms with Crippen molar-refractivity contribution < 1.29 is 9.63 Å². The van der Waals surface area contributed by atoms with Crippen molar-refractivity contribution in [3.8, 4) is 0 Å². The van der Waals surface area contributed by atoms with Gasteiger partial charge in [-0.05, 0) is 12.1 Å². The molecule has 1 aromatic carbocycles. The standard InChI is InChI=1S/C11H11NO2S/c13-7-10-6-9(12-14-10)8-15-11-4-2-1-3-5-11/h1-6,13H,7-8H2. The van der Waals surface area contributed by atoms with E-state index in [2.05, 4.69) is 17.3 Å². The lowest BCUT2D eigenvalue weighted by Gasteiger charge is -1.96. The lowest BCUT2D eigenvalue weighted by Crippen LogP contribution is -1.79. The molecule has 0 amide bonds. The number of aliphatic hydroxyl groups excluding tert-OH is 1. The quantitative estimate of drug-likeness (QED) is 0.805. The SMILES string of the molecule is OCc1cc(CSc2ccccc2)no1. The molecule has 2 rings (SSSR count). The van der Waals surface area contributed by atoms with Crippen molar-refractivity contribution in [3.63, 3.8) is 0 Å². The smallest absolute Gasteiger partial charge is 0.162 e. The Morgan fingerprint density at radius 3 is 2.73 bits per heavy atom. The van der Waals surface area contributed by atoms with Crippen molar-refractivity contribution in [2.45, 2.75) is 17.3 Å². The molecule has 0 spiro atoms. The number of aliphatic hydroxyl groups is 1. The van der Waals surface area contributed by atoms with Crippen LogP contribution in [0.3, 0.4) is 0 Å². The van der Waals surface area contributed by atoms with Crippen molar-refractivity contribution >= 4 is 11.8 Å². The monoisotopic (exact) mass is 221 g/mol. The minimum Gasteiger partial charge on any atom is -0.388 e. The van der Waals surface area contributed by atoms with Crippen LogP contribution in [0, 0.1) is 0 Å². The minimum absolute atomic E-state index is 0.0942. The normalized spacial score (nSPS) is 10.5. The van der Waals surface area contributed by atoms with Gasteiger partial charge in [0.1, 0.15) is 6.61 Å². The molecule has 1 aromatic heterocycles. The summed E-state index contributed by atoms with van der Waals surface area (Å²) in [5.74, 6) is 1.27. The van der Waals surface area contributed by atoms with Gasteiger partial charge < -0.3 is 9.63 Å². The molecule has 0 radical (unpaired) electrons. The van der Waals surface area contributed by atoms with Crippen molar-refractivity contribution in [2.75, 3.05) is 0 Å². The summed E-state index contributed by atoms with van der Waals surface area (Å²) in [6.07, 6.45) is 0. The van der Waals surface area contributed by atoms with Crippen LogP contribution >= 0.6 is 11.8 Å². The Bertz CT molecular complexity index is 414. The number of aromatic nitrogens is 1. The second-order valence-electron chi connectivity index (χ2n) is 3.04. The predicted molar refractivity (Wildman–Crippen MR) is 58.4 cm³/mol. The third-order valence-electron chi connectivity index (χ3n) is 1.89. The molecule has 0 saturated heterocycles. The number of rotatable bonds is 4. The van der Waals surface area contributed by atoms with Gasteiger partial charge in [-0.15, -0.1) is 11.8 Å². The summed E-state index contributed by atoms with van der Waals surface area (Å²) < 4.78 is 4.89. The highest BCUT2D eigenvalue weighted by atomic mass is 32.2. The molecule has 4 heteroatoms. The maximum atomic E-state index is 8.80. The first-order chi connectivity index (χ1) is 7.38. The summed E-state index contributed by atoms with van der Waals surface area (Å²) in [5, 5.41) is 12.6. The molecule has 2 aromatic rings. The van der Waals surface area contributed by atoms with Gasteiger partial charge >= 0.3 is 0 Å². The van der Waals surface area contributed by atoms with E-state index in [-0.39, 0.29) is 6.61 Å². The highest BCUT2D eigenvalue weighted by Crippen LogP contribution is 2.21. The number of hydrogen-bond acceptors (Lipinski definition) is 4. The summed E-state index contributed by atoms with van der Waals surface area (Å²) in [5.41, 5.74) is 0.855. The second-order valence-corrected chi connectivity index (χ2v) is 4.09. The van der Waals surface area contributed by atoms with Crippen LogP contribution in [0.5, 0.6) is 0 Å². The van der Waals surface area contributed by atoms with Gasteiger partial charge in [-0.3, -0.25) is 0 Å². The van der Waals surface area contributed by atoms with E-state index < -0.39 is 0 Å². The molecule has 0 aliphatic heterocycles. The molecule has 15 heavy (non-hydrogen) atoms. The molecule has 3 nitrogen and oxygen atoms in total. The fraction of sp³-hybridized carbons (Fsp3) is 0.182. The Hall–Kier alpha value is -1.26. The first kappa shape index (κ1) is 10.3. The summed E-state index contributed by atoms with van der Waals surface area (Å²) in [6.45, 7) is -0.0942. The van der Waals surface area contributed by atoms with Crippen LogP contribution in [-0.2, 0) is 12.4 Å². The van der Waals surface area contributed by atoms with Gasteiger partial charge in [0.15, 0.2) is 5.76 Å². The van der Waals surface area contributed by atoms with E-state index in [1.807, 2.05) is 18.2 Å². The van der Waals surface area contributed by atoms with Crippen LogP contribution < -0.4 is 0 Å². The number of benzene rings is 1. The summed E-state index contributed by atoms with van der Waals surface area (Å²) in [7, 11) is 0. The first-order valence-corrected chi connectivity index (χ1v) is 5.60. The molecule has 1 N–H and O–H groups in total. The fourth-order valence-electron chi connectivity index (χ4n) is 1.17. The molecule has 78 valence electrons. The lowest BCUT2D eigenvalue weighted by atomic mass is 10.4. The summed E-state index contributed by atoms with van der Waals surface area (Å²) in [6, 6.07) is 11.9. The molecular weight excluding hydrogens is 210 g/mol. The van der Waals surface area contributed by atoms with Crippen LogP contribution in [-0.4, -0.2) is 10.3 Å². The van der Waals surface area contributed by atoms with Gasteiger partial charge in [0.05, 0.1) is 5.69 Å².